The Morgan fingerprint density at radius 2 is 2.03 bits per heavy atom. The highest BCUT2D eigenvalue weighted by atomic mass is 19.3. The zero-order chi connectivity index (χ0) is 22.0. The number of hydrogen-bond acceptors (Lipinski definition) is 5. The molecule has 0 radical (unpaired) electrons. The zero-order valence-corrected chi connectivity index (χ0v) is 16.5. The molecule has 2 heterocycles. The largest absolute Gasteiger partial charge is 0.477 e. The maximum atomic E-state index is 15.2. The Hall–Kier alpha value is -2.75. The number of aromatic nitrogens is 1. The lowest BCUT2D eigenvalue weighted by atomic mass is 9.89. The summed E-state index contributed by atoms with van der Waals surface area (Å²) in [6.07, 6.45) is 2.49. The fraction of sp³-hybridized carbons (Fsp3) is 0.500. The number of alkyl halides is 2. The van der Waals surface area contributed by atoms with E-state index in [1.54, 1.807) is 4.90 Å². The molecule has 10 heteroatoms. The number of ether oxygens (including phenoxy) is 1. The number of nitrogens with two attached hydrogens (primary N) is 1. The fourth-order valence-corrected chi connectivity index (χ4v) is 4.06. The summed E-state index contributed by atoms with van der Waals surface area (Å²) in [7, 11) is 0. The summed E-state index contributed by atoms with van der Waals surface area (Å²) in [6.45, 7) is 1.04. The van der Waals surface area contributed by atoms with E-state index in [0.717, 1.165) is 12.3 Å². The summed E-state index contributed by atoms with van der Waals surface area (Å²) in [5.74, 6) is -2.87. The molecule has 0 amide bonds. The van der Waals surface area contributed by atoms with Gasteiger partial charge in [0.25, 0.3) is 0 Å². The smallest absolute Gasteiger partial charge is 0.387 e. The molecule has 3 N–H and O–H groups in total. The van der Waals surface area contributed by atoms with Gasteiger partial charge in [-0.1, -0.05) is 13.8 Å². The standard InChI is InChI=1S/C20H22F3N3O4/c1-20(2)8-25(7-13(20)24)15-12(21)5-10-14(17(15)30-19(22)23)26(9-3-4-9)6-11(16(10)27)18(28)29/h5-6,9,13,19H,3-4,7-8,24H2,1-2H3,(H,28,29). The van der Waals surface area contributed by atoms with Gasteiger partial charge >= 0.3 is 12.6 Å². The zero-order valence-electron chi connectivity index (χ0n) is 16.5. The molecule has 4 rings (SSSR count). The number of fused-ring (bicyclic) bond motifs is 1. The molecule has 0 bridgehead atoms. The van der Waals surface area contributed by atoms with Crippen molar-refractivity contribution in [3.05, 3.63) is 33.9 Å². The first-order valence-corrected chi connectivity index (χ1v) is 9.61. The van der Waals surface area contributed by atoms with Gasteiger partial charge in [0, 0.05) is 31.4 Å². The number of nitrogens with zero attached hydrogens (tertiary/aromatic N) is 2. The number of anilines is 1. The highest BCUT2D eigenvalue weighted by molar-refractivity contribution is 5.97. The lowest BCUT2D eigenvalue weighted by Crippen LogP contribution is -2.35. The molecule has 2 aliphatic rings. The van der Waals surface area contributed by atoms with Crippen LogP contribution in [0.3, 0.4) is 0 Å². The van der Waals surface area contributed by atoms with Gasteiger partial charge in [0.05, 0.1) is 10.9 Å². The van der Waals surface area contributed by atoms with Gasteiger partial charge in [-0.2, -0.15) is 8.78 Å². The average Bonchev–Trinajstić information content (AvgIpc) is 3.42. The molecular formula is C20H22F3N3O4. The van der Waals surface area contributed by atoms with Gasteiger partial charge in [-0.15, -0.1) is 0 Å². The number of benzene rings is 1. The van der Waals surface area contributed by atoms with Gasteiger partial charge in [-0.25, -0.2) is 9.18 Å². The fourth-order valence-electron chi connectivity index (χ4n) is 4.06. The second-order valence-electron chi connectivity index (χ2n) is 8.60. The second-order valence-corrected chi connectivity index (χ2v) is 8.60. The van der Waals surface area contributed by atoms with Crippen molar-refractivity contribution in [1.29, 1.82) is 0 Å². The Balaban J connectivity index is 2.05. The number of aromatic carboxylic acids is 1. The van der Waals surface area contributed by atoms with Crippen LogP contribution in [0.4, 0.5) is 18.9 Å². The molecule has 1 atom stereocenters. The summed E-state index contributed by atoms with van der Waals surface area (Å²) in [5, 5.41) is 9.07. The van der Waals surface area contributed by atoms with Gasteiger partial charge in [-0.05, 0) is 24.3 Å². The number of carbonyl (C=O) groups is 1. The first kappa shape index (κ1) is 20.5. The number of rotatable bonds is 5. The quantitative estimate of drug-likeness (QED) is 0.765. The maximum absolute atomic E-state index is 15.2. The Morgan fingerprint density at radius 3 is 2.53 bits per heavy atom. The van der Waals surface area contributed by atoms with E-state index in [2.05, 4.69) is 0 Å². The summed E-state index contributed by atoms with van der Waals surface area (Å²) >= 11 is 0. The predicted octanol–water partition coefficient (Wildman–Crippen LogP) is 2.95. The van der Waals surface area contributed by atoms with Crippen molar-refractivity contribution < 1.29 is 27.8 Å². The van der Waals surface area contributed by atoms with E-state index in [4.69, 9.17) is 10.5 Å². The lowest BCUT2D eigenvalue weighted by molar-refractivity contribution is -0.0488. The number of carboxylic acid groups (broad SMARTS) is 1. The van der Waals surface area contributed by atoms with Crippen LogP contribution >= 0.6 is 0 Å². The van der Waals surface area contributed by atoms with Crippen LogP contribution in [0.1, 0.15) is 43.1 Å². The van der Waals surface area contributed by atoms with E-state index in [9.17, 15) is 23.5 Å². The minimum Gasteiger partial charge on any atom is -0.477 e. The Bertz CT molecular complexity index is 1100. The average molecular weight is 425 g/mol. The van der Waals surface area contributed by atoms with E-state index >= 15 is 4.39 Å². The van der Waals surface area contributed by atoms with E-state index < -0.39 is 40.6 Å². The van der Waals surface area contributed by atoms with Crippen LogP contribution in [0.15, 0.2) is 17.1 Å². The molecule has 0 spiro atoms. The molecule has 1 aromatic heterocycles. The highest BCUT2D eigenvalue weighted by Gasteiger charge is 2.40. The van der Waals surface area contributed by atoms with E-state index in [0.29, 0.717) is 19.4 Å². The maximum Gasteiger partial charge on any atom is 0.387 e. The van der Waals surface area contributed by atoms with Crippen LogP contribution in [0, 0.1) is 11.2 Å². The van der Waals surface area contributed by atoms with E-state index in [1.165, 1.54) is 4.57 Å². The third-order valence-electron chi connectivity index (χ3n) is 5.91. The monoisotopic (exact) mass is 425 g/mol. The molecule has 2 fully saturated rings. The van der Waals surface area contributed by atoms with Crippen LogP contribution in [-0.4, -0.2) is 41.4 Å². The van der Waals surface area contributed by atoms with Gasteiger partial charge < -0.3 is 25.0 Å². The van der Waals surface area contributed by atoms with Crippen LogP contribution in [0.5, 0.6) is 5.75 Å². The van der Waals surface area contributed by atoms with Crippen molar-refractivity contribution >= 4 is 22.6 Å². The first-order valence-electron chi connectivity index (χ1n) is 9.61. The van der Waals surface area contributed by atoms with E-state index in [-0.39, 0.29) is 35.2 Å². The van der Waals surface area contributed by atoms with Crippen molar-refractivity contribution in [3.63, 3.8) is 0 Å². The highest BCUT2D eigenvalue weighted by Crippen LogP contribution is 2.46. The molecule has 1 saturated heterocycles. The molecule has 30 heavy (non-hydrogen) atoms. The number of carboxylic acids is 1. The van der Waals surface area contributed by atoms with Gasteiger partial charge in [0.2, 0.25) is 5.43 Å². The molecular weight excluding hydrogens is 403 g/mol. The molecule has 1 saturated carbocycles. The number of halogens is 3. The Morgan fingerprint density at radius 1 is 1.37 bits per heavy atom. The van der Waals surface area contributed by atoms with Crippen LogP contribution in [0.2, 0.25) is 0 Å². The third kappa shape index (κ3) is 3.28. The van der Waals surface area contributed by atoms with Crippen molar-refractivity contribution in [1.82, 2.24) is 4.57 Å². The van der Waals surface area contributed by atoms with Crippen LogP contribution in [-0.2, 0) is 0 Å². The summed E-state index contributed by atoms with van der Waals surface area (Å²) in [4.78, 5) is 25.8. The molecule has 7 nitrogen and oxygen atoms in total. The molecule has 1 aliphatic heterocycles. The van der Waals surface area contributed by atoms with Gasteiger partial charge in [-0.3, -0.25) is 4.79 Å². The summed E-state index contributed by atoms with van der Waals surface area (Å²) < 4.78 is 48.2. The molecule has 1 unspecified atom stereocenters. The Kier molecular flexibility index (Phi) is 4.72. The van der Waals surface area contributed by atoms with Crippen LogP contribution in [0.25, 0.3) is 10.9 Å². The molecule has 162 valence electrons. The van der Waals surface area contributed by atoms with Crippen molar-refractivity contribution in [2.24, 2.45) is 11.1 Å². The first-order chi connectivity index (χ1) is 14.0. The molecule has 2 aromatic rings. The Labute approximate surface area is 169 Å². The topological polar surface area (TPSA) is 97.8 Å². The third-order valence-corrected chi connectivity index (χ3v) is 5.91. The predicted molar refractivity (Wildman–Crippen MR) is 104 cm³/mol. The van der Waals surface area contributed by atoms with Crippen molar-refractivity contribution in [3.8, 4) is 5.75 Å². The van der Waals surface area contributed by atoms with Crippen LogP contribution < -0.4 is 20.8 Å². The molecule has 1 aliphatic carbocycles. The SMILES string of the molecule is CC1(C)CN(c2c(F)cc3c(=O)c(C(=O)O)cn(C4CC4)c3c2OC(F)F)CC1N. The normalized spacial score (nSPS) is 20.9. The number of hydrogen-bond donors (Lipinski definition) is 2. The second kappa shape index (κ2) is 6.90. The van der Waals surface area contributed by atoms with Gasteiger partial charge in [0.1, 0.15) is 11.3 Å². The summed E-state index contributed by atoms with van der Waals surface area (Å²) in [6, 6.07) is 0.404. The lowest BCUT2D eigenvalue weighted by Gasteiger charge is -2.26. The minimum atomic E-state index is -3.26. The van der Waals surface area contributed by atoms with Crippen molar-refractivity contribution in [2.45, 2.75) is 45.4 Å². The number of pyridine rings is 1. The minimum absolute atomic E-state index is 0.0255. The summed E-state index contributed by atoms with van der Waals surface area (Å²) in [5.41, 5.74) is 4.04. The van der Waals surface area contributed by atoms with E-state index in [1.807, 2.05) is 13.8 Å². The van der Waals surface area contributed by atoms with Gasteiger partial charge in [0.15, 0.2) is 11.6 Å². The van der Waals surface area contributed by atoms with Crippen molar-refractivity contribution in [2.75, 3.05) is 18.0 Å². The molecule has 1 aromatic carbocycles.